The van der Waals surface area contributed by atoms with Crippen LogP contribution in [0, 0.1) is 0 Å². The van der Waals surface area contributed by atoms with Crippen LogP contribution < -0.4 is 5.73 Å². The van der Waals surface area contributed by atoms with Crippen molar-refractivity contribution in [1.82, 2.24) is 24.6 Å². The van der Waals surface area contributed by atoms with E-state index in [1.54, 1.807) is 6.20 Å². The van der Waals surface area contributed by atoms with Crippen LogP contribution in [0.5, 0.6) is 0 Å². The first-order valence-electron chi connectivity index (χ1n) is 15.0. The van der Waals surface area contributed by atoms with Gasteiger partial charge in [-0.15, -0.1) is 0 Å². The van der Waals surface area contributed by atoms with Crippen LogP contribution in [0.15, 0.2) is 114 Å². The third kappa shape index (κ3) is 6.10. The number of rotatable bonds is 7. The highest BCUT2D eigenvalue weighted by Crippen LogP contribution is 2.38. The van der Waals surface area contributed by atoms with E-state index in [-0.39, 0.29) is 11.9 Å². The van der Waals surface area contributed by atoms with Gasteiger partial charge >= 0.3 is 0 Å². The zero-order valence-corrected chi connectivity index (χ0v) is 25.3. The fourth-order valence-corrected chi connectivity index (χ4v) is 5.90. The Hall–Kier alpha value is -5.21. The maximum Gasteiger partial charge on any atom is 0.231 e. The summed E-state index contributed by atoms with van der Waals surface area (Å²) in [5.41, 5.74) is 12.3. The molecule has 224 valence electrons. The highest BCUT2D eigenvalue weighted by atomic mass is 35.5. The van der Waals surface area contributed by atoms with E-state index in [2.05, 4.69) is 10.1 Å². The SMILES string of the molecule is Nc1ncc(-c2cnn(C3CCN(C(=O)Cc4ccccc4)CC3)c2)cc1-c1nc(-c2ccccc2)c(-c2ccc(Cl)cc2)o1. The van der Waals surface area contributed by atoms with Gasteiger partial charge in [0, 0.05) is 52.8 Å². The maximum atomic E-state index is 12.8. The molecule has 3 aromatic heterocycles. The van der Waals surface area contributed by atoms with Gasteiger partial charge in [-0.1, -0.05) is 72.3 Å². The molecule has 45 heavy (non-hydrogen) atoms. The summed E-state index contributed by atoms with van der Waals surface area (Å²) >= 11 is 6.16. The summed E-state index contributed by atoms with van der Waals surface area (Å²) in [6.45, 7) is 1.42. The second-order valence-electron chi connectivity index (χ2n) is 11.2. The number of nitrogens with two attached hydrogens (primary N) is 1. The number of likely N-dealkylation sites (tertiary alicyclic amines) is 1. The summed E-state index contributed by atoms with van der Waals surface area (Å²) < 4.78 is 8.39. The minimum atomic E-state index is 0.169. The molecule has 0 saturated carbocycles. The van der Waals surface area contributed by atoms with Gasteiger partial charge in [-0.25, -0.2) is 9.97 Å². The van der Waals surface area contributed by atoms with Crippen molar-refractivity contribution >= 4 is 23.3 Å². The highest BCUT2D eigenvalue weighted by Gasteiger charge is 2.25. The first kappa shape index (κ1) is 28.6. The average molecular weight is 615 g/mol. The quantitative estimate of drug-likeness (QED) is 0.199. The molecule has 1 fully saturated rings. The fraction of sp³-hybridized carbons (Fsp3) is 0.167. The van der Waals surface area contributed by atoms with Gasteiger partial charge < -0.3 is 15.1 Å². The number of aromatic nitrogens is 4. The third-order valence-corrected chi connectivity index (χ3v) is 8.51. The summed E-state index contributed by atoms with van der Waals surface area (Å²) in [6, 6.07) is 29.4. The summed E-state index contributed by atoms with van der Waals surface area (Å²) in [6.07, 6.45) is 7.74. The van der Waals surface area contributed by atoms with Crippen LogP contribution >= 0.6 is 11.6 Å². The van der Waals surface area contributed by atoms with Crippen molar-refractivity contribution in [1.29, 1.82) is 0 Å². The van der Waals surface area contributed by atoms with E-state index in [4.69, 9.17) is 26.7 Å². The molecule has 0 spiro atoms. The van der Waals surface area contributed by atoms with Crippen LogP contribution in [-0.4, -0.2) is 43.6 Å². The van der Waals surface area contributed by atoms with Crippen LogP contribution in [-0.2, 0) is 11.2 Å². The Kier molecular flexibility index (Phi) is 7.88. The minimum Gasteiger partial charge on any atom is -0.435 e. The Balaban J connectivity index is 1.11. The normalized spacial score (nSPS) is 13.7. The summed E-state index contributed by atoms with van der Waals surface area (Å²) in [5, 5.41) is 5.33. The van der Waals surface area contributed by atoms with Crippen molar-refractivity contribution in [3.8, 4) is 45.2 Å². The highest BCUT2D eigenvalue weighted by molar-refractivity contribution is 6.30. The molecular weight excluding hydrogens is 584 g/mol. The number of hydrogen-bond acceptors (Lipinski definition) is 6. The van der Waals surface area contributed by atoms with Crippen LogP contribution in [0.1, 0.15) is 24.4 Å². The van der Waals surface area contributed by atoms with E-state index >= 15 is 0 Å². The third-order valence-electron chi connectivity index (χ3n) is 8.25. The first-order valence-corrected chi connectivity index (χ1v) is 15.3. The number of piperidine rings is 1. The second-order valence-corrected chi connectivity index (χ2v) is 11.6. The van der Waals surface area contributed by atoms with Gasteiger partial charge in [-0.3, -0.25) is 9.48 Å². The van der Waals surface area contributed by atoms with Gasteiger partial charge in [0.1, 0.15) is 11.5 Å². The van der Waals surface area contributed by atoms with Crippen molar-refractivity contribution in [2.75, 3.05) is 18.8 Å². The molecule has 0 radical (unpaired) electrons. The predicted octanol–water partition coefficient (Wildman–Crippen LogP) is 7.58. The number of amides is 1. The molecule has 4 heterocycles. The molecule has 0 unspecified atom stereocenters. The van der Waals surface area contributed by atoms with Crippen LogP contribution in [0.3, 0.4) is 0 Å². The number of benzene rings is 3. The molecule has 0 aliphatic carbocycles. The Morgan fingerprint density at radius 1 is 0.867 bits per heavy atom. The number of carbonyl (C=O) groups is 1. The number of nitrogen functional groups attached to an aromatic ring is 1. The van der Waals surface area contributed by atoms with Gasteiger partial charge in [0.05, 0.1) is 24.2 Å². The Labute approximate surface area is 266 Å². The van der Waals surface area contributed by atoms with E-state index in [1.807, 2.05) is 113 Å². The van der Waals surface area contributed by atoms with Gasteiger partial charge in [0.25, 0.3) is 0 Å². The molecule has 1 amide bonds. The van der Waals surface area contributed by atoms with Crippen LogP contribution in [0.4, 0.5) is 5.82 Å². The molecule has 1 saturated heterocycles. The molecule has 6 aromatic rings. The molecule has 1 aliphatic rings. The second kappa shape index (κ2) is 12.4. The van der Waals surface area contributed by atoms with Crippen LogP contribution in [0.2, 0.25) is 5.02 Å². The average Bonchev–Trinajstić information content (AvgIpc) is 3.75. The van der Waals surface area contributed by atoms with Crippen molar-refractivity contribution < 1.29 is 9.21 Å². The van der Waals surface area contributed by atoms with Gasteiger partial charge in [0.15, 0.2) is 5.76 Å². The molecule has 8 nitrogen and oxygen atoms in total. The van der Waals surface area contributed by atoms with Crippen molar-refractivity contribution in [3.63, 3.8) is 0 Å². The number of pyridine rings is 1. The molecule has 1 aliphatic heterocycles. The summed E-state index contributed by atoms with van der Waals surface area (Å²) in [4.78, 5) is 24.2. The first-order chi connectivity index (χ1) is 22.0. The van der Waals surface area contributed by atoms with Gasteiger partial charge in [-0.2, -0.15) is 5.10 Å². The molecule has 9 heteroatoms. The number of hydrogen-bond donors (Lipinski definition) is 1. The zero-order valence-electron chi connectivity index (χ0n) is 24.5. The standard InChI is InChI=1S/C36H31ClN6O2/c37-29-13-11-26(12-14-29)34-33(25-9-5-2-6-10-25)41-36(45-34)31-20-27(21-39-35(31)38)28-22-40-43(23-28)30-15-17-42(18-16-30)32(44)19-24-7-3-1-4-8-24/h1-14,20-23,30H,15-19H2,(H2,38,39). The Morgan fingerprint density at radius 2 is 1.58 bits per heavy atom. The Morgan fingerprint density at radius 3 is 2.31 bits per heavy atom. The topological polar surface area (TPSA) is 103 Å². The lowest BCUT2D eigenvalue weighted by Gasteiger charge is -2.32. The summed E-state index contributed by atoms with van der Waals surface area (Å²) in [7, 11) is 0. The van der Waals surface area contributed by atoms with Crippen molar-refractivity contribution in [3.05, 3.63) is 120 Å². The number of oxazole rings is 1. The maximum absolute atomic E-state index is 12.8. The molecule has 7 rings (SSSR count). The number of nitrogens with zero attached hydrogens (tertiary/aromatic N) is 5. The molecule has 0 bridgehead atoms. The van der Waals surface area contributed by atoms with E-state index in [9.17, 15) is 4.79 Å². The number of carbonyl (C=O) groups excluding carboxylic acids is 1. The van der Waals surface area contributed by atoms with Crippen LogP contribution in [0.25, 0.3) is 45.2 Å². The number of anilines is 1. The molecular formula is C36H31ClN6O2. The lowest BCUT2D eigenvalue weighted by Crippen LogP contribution is -2.39. The molecule has 3 aromatic carbocycles. The van der Waals surface area contributed by atoms with Gasteiger partial charge in [-0.05, 0) is 48.7 Å². The zero-order chi connectivity index (χ0) is 30.8. The predicted molar refractivity (Wildman–Crippen MR) is 176 cm³/mol. The van der Waals surface area contributed by atoms with E-state index < -0.39 is 0 Å². The lowest BCUT2D eigenvalue weighted by atomic mass is 10.0. The summed E-state index contributed by atoms with van der Waals surface area (Å²) in [5.74, 6) is 1.49. The molecule has 0 atom stereocenters. The fourth-order valence-electron chi connectivity index (χ4n) is 5.78. The Bertz CT molecular complexity index is 1930. The molecule has 2 N–H and O–H groups in total. The van der Waals surface area contributed by atoms with E-state index in [0.717, 1.165) is 40.7 Å². The number of halogens is 1. The van der Waals surface area contributed by atoms with Crippen molar-refractivity contribution in [2.45, 2.75) is 25.3 Å². The van der Waals surface area contributed by atoms with Gasteiger partial charge in [0.2, 0.25) is 11.8 Å². The monoisotopic (exact) mass is 614 g/mol. The smallest absolute Gasteiger partial charge is 0.231 e. The van der Waals surface area contributed by atoms with E-state index in [0.29, 0.717) is 53.3 Å². The largest absolute Gasteiger partial charge is 0.435 e. The van der Waals surface area contributed by atoms with E-state index in [1.165, 1.54) is 0 Å². The minimum absolute atomic E-state index is 0.169. The van der Waals surface area contributed by atoms with Crippen molar-refractivity contribution in [2.24, 2.45) is 0 Å². The lowest BCUT2D eigenvalue weighted by molar-refractivity contribution is -0.131.